The van der Waals surface area contributed by atoms with Crippen LogP contribution in [0.25, 0.3) is 0 Å². The third-order valence-corrected chi connectivity index (χ3v) is 4.32. The number of nitrogens with zero attached hydrogens (tertiary/aromatic N) is 1. The Morgan fingerprint density at radius 2 is 2.00 bits per heavy atom. The zero-order chi connectivity index (χ0) is 13.9. The van der Waals surface area contributed by atoms with Crippen molar-refractivity contribution < 1.29 is 9.90 Å². The SMILES string of the molecule is O=C1c2ccccc2N[C@@H]2[C@@H](O)c3cc(Br)ccc3N12. The van der Waals surface area contributed by atoms with Crippen molar-refractivity contribution in [1.82, 2.24) is 0 Å². The maximum Gasteiger partial charge on any atom is 0.262 e. The smallest absolute Gasteiger partial charge is 0.262 e. The molecule has 0 aliphatic carbocycles. The van der Waals surface area contributed by atoms with Gasteiger partial charge in [-0.05, 0) is 30.3 Å². The van der Waals surface area contributed by atoms with E-state index in [9.17, 15) is 9.90 Å². The molecule has 2 aromatic carbocycles. The van der Waals surface area contributed by atoms with E-state index in [2.05, 4.69) is 21.2 Å². The second kappa shape index (κ2) is 4.07. The Kier molecular flexibility index (Phi) is 2.43. The molecule has 2 atom stereocenters. The van der Waals surface area contributed by atoms with Gasteiger partial charge in [-0.2, -0.15) is 0 Å². The van der Waals surface area contributed by atoms with Crippen molar-refractivity contribution in [1.29, 1.82) is 0 Å². The minimum Gasteiger partial charge on any atom is -0.384 e. The van der Waals surface area contributed by atoms with Crippen molar-refractivity contribution in [3.05, 3.63) is 58.1 Å². The highest BCUT2D eigenvalue weighted by molar-refractivity contribution is 9.10. The average Bonchev–Trinajstić information content (AvgIpc) is 2.73. The number of aliphatic hydroxyl groups excluding tert-OH is 1. The summed E-state index contributed by atoms with van der Waals surface area (Å²) in [7, 11) is 0. The topological polar surface area (TPSA) is 52.6 Å². The molecule has 4 rings (SSSR count). The summed E-state index contributed by atoms with van der Waals surface area (Å²) in [5.41, 5.74) is 2.92. The lowest BCUT2D eigenvalue weighted by Gasteiger charge is -2.34. The highest BCUT2D eigenvalue weighted by Crippen LogP contribution is 2.44. The van der Waals surface area contributed by atoms with Gasteiger partial charge in [0.2, 0.25) is 0 Å². The zero-order valence-corrected chi connectivity index (χ0v) is 12.0. The molecule has 20 heavy (non-hydrogen) atoms. The molecule has 2 aliphatic rings. The maximum atomic E-state index is 12.7. The molecule has 0 aromatic heterocycles. The van der Waals surface area contributed by atoms with Crippen LogP contribution >= 0.6 is 15.9 Å². The van der Waals surface area contributed by atoms with Crippen LogP contribution in [0, 0.1) is 0 Å². The molecular weight excluding hydrogens is 320 g/mol. The van der Waals surface area contributed by atoms with E-state index in [4.69, 9.17) is 0 Å². The van der Waals surface area contributed by atoms with Crippen molar-refractivity contribution in [2.24, 2.45) is 0 Å². The van der Waals surface area contributed by atoms with Gasteiger partial charge in [-0.25, -0.2) is 0 Å². The van der Waals surface area contributed by atoms with Gasteiger partial charge in [0.25, 0.3) is 5.91 Å². The van der Waals surface area contributed by atoms with E-state index >= 15 is 0 Å². The first kappa shape index (κ1) is 11.9. The molecule has 0 saturated heterocycles. The lowest BCUT2D eigenvalue weighted by molar-refractivity contribution is 0.0941. The number of fused-ring (bicyclic) bond motifs is 4. The summed E-state index contributed by atoms with van der Waals surface area (Å²) in [5, 5.41) is 13.7. The predicted octanol–water partition coefficient (Wildman–Crippen LogP) is 2.89. The van der Waals surface area contributed by atoms with E-state index in [1.165, 1.54) is 0 Å². The maximum absolute atomic E-state index is 12.7. The minimum atomic E-state index is -0.736. The molecular formula is C15H11BrN2O2. The van der Waals surface area contributed by atoms with Gasteiger partial charge in [0.1, 0.15) is 12.3 Å². The molecule has 4 nitrogen and oxygen atoms in total. The summed E-state index contributed by atoms with van der Waals surface area (Å²) in [5.74, 6) is -0.0792. The molecule has 2 aromatic rings. The van der Waals surface area contributed by atoms with E-state index < -0.39 is 12.3 Å². The lowest BCUT2D eigenvalue weighted by Crippen LogP contribution is -2.48. The number of hydrogen-bond donors (Lipinski definition) is 2. The number of carbonyl (C=O) groups excluding carboxylic acids is 1. The van der Waals surface area contributed by atoms with Crippen molar-refractivity contribution >= 4 is 33.2 Å². The van der Waals surface area contributed by atoms with Crippen LogP contribution in [0.3, 0.4) is 0 Å². The normalized spacial score (nSPS) is 22.9. The van der Waals surface area contributed by atoms with Gasteiger partial charge in [0, 0.05) is 15.7 Å². The molecule has 0 unspecified atom stereocenters. The quantitative estimate of drug-likeness (QED) is 0.780. The van der Waals surface area contributed by atoms with Crippen molar-refractivity contribution in [3.8, 4) is 0 Å². The van der Waals surface area contributed by atoms with Crippen LogP contribution in [-0.4, -0.2) is 17.2 Å². The van der Waals surface area contributed by atoms with E-state index in [1.807, 2.05) is 36.4 Å². The monoisotopic (exact) mass is 330 g/mol. The number of nitrogens with one attached hydrogen (secondary N) is 1. The number of hydrogen-bond acceptors (Lipinski definition) is 3. The Morgan fingerprint density at radius 1 is 1.20 bits per heavy atom. The number of carbonyl (C=O) groups is 1. The largest absolute Gasteiger partial charge is 0.384 e. The van der Waals surface area contributed by atoms with Crippen LogP contribution in [0.5, 0.6) is 0 Å². The second-order valence-electron chi connectivity index (χ2n) is 4.96. The Bertz CT molecular complexity index is 732. The number of aliphatic hydroxyl groups is 1. The van der Waals surface area contributed by atoms with Crippen LogP contribution in [0.15, 0.2) is 46.9 Å². The Hall–Kier alpha value is -1.85. The summed E-state index contributed by atoms with van der Waals surface area (Å²) < 4.78 is 0.889. The zero-order valence-electron chi connectivity index (χ0n) is 10.4. The van der Waals surface area contributed by atoms with Crippen molar-refractivity contribution in [3.63, 3.8) is 0 Å². The summed E-state index contributed by atoms with van der Waals surface area (Å²) in [6, 6.07) is 13.0. The van der Waals surface area contributed by atoms with Crippen LogP contribution in [0.1, 0.15) is 22.0 Å². The summed E-state index contributed by atoms with van der Waals surface area (Å²) >= 11 is 3.40. The van der Waals surface area contributed by atoms with Gasteiger partial charge < -0.3 is 10.4 Å². The minimum absolute atomic E-state index is 0.0792. The van der Waals surface area contributed by atoms with Crippen LogP contribution in [0.4, 0.5) is 11.4 Å². The fourth-order valence-corrected chi connectivity index (χ4v) is 3.29. The number of para-hydroxylation sites is 1. The Balaban J connectivity index is 1.90. The standard InChI is InChI=1S/C15H11BrN2O2/c16-8-5-6-12-10(7-8)13(19)14-17-11-4-2-1-3-9(11)15(20)18(12)14/h1-7,13-14,17,19H/t13-,14-/m0/s1. The van der Waals surface area contributed by atoms with Gasteiger partial charge in [-0.15, -0.1) is 0 Å². The Labute approximate surface area is 124 Å². The predicted molar refractivity (Wildman–Crippen MR) is 79.8 cm³/mol. The molecule has 0 bridgehead atoms. The third kappa shape index (κ3) is 1.47. The highest BCUT2D eigenvalue weighted by atomic mass is 79.9. The molecule has 0 radical (unpaired) electrons. The van der Waals surface area contributed by atoms with Gasteiger partial charge in [-0.1, -0.05) is 28.1 Å². The fraction of sp³-hybridized carbons (Fsp3) is 0.133. The average molecular weight is 331 g/mol. The number of rotatable bonds is 0. The molecule has 1 amide bonds. The molecule has 2 heterocycles. The van der Waals surface area contributed by atoms with Crippen LogP contribution < -0.4 is 10.2 Å². The second-order valence-corrected chi connectivity index (χ2v) is 5.87. The number of amides is 1. The number of anilines is 2. The summed E-state index contributed by atoms with van der Waals surface area (Å²) in [6.07, 6.45) is -1.18. The first-order chi connectivity index (χ1) is 9.66. The van der Waals surface area contributed by atoms with Gasteiger partial charge in [-0.3, -0.25) is 9.69 Å². The van der Waals surface area contributed by atoms with Gasteiger partial charge in [0.05, 0.1) is 11.3 Å². The van der Waals surface area contributed by atoms with E-state index in [0.717, 1.165) is 21.4 Å². The molecule has 0 spiro atoms. The molecule has 0 fully saturated rings. The summed E-state index contributed by atoms with van der Waals surface area (Å²) in [6.45, 7) is 0. The first-order valence-electron chi connectivity index (χ1n) is 6.33. The van der Waals surface area contributed by atoms with E-state index in [1.54, 1.807) is 11.0 Å². The number of halogens is 1. The van der Waals surface area contributed by atoms with Crippen molar-refractivity contribution in [2.45, 2.75) is 12.3 Å². The molecule has 2 N–H and O–H groups in total. The molecule has 5 heteroatoms. The highest BCUT2D eigenvalue weighted by Gasteiger charge is 2.44. The Morgan fingerprint density at radius 3 is 2.85 bits per heavy atom. The van der Waals surface area contributed by atoms with Gasteiger partial charge in [0.15, 0.2) is 0 Å². The van der Waals surface area contributed by atoms with Crippen LogP contribution in [0.2, 0.25) is 0 Å². The fourth-order valence-electron chi connectivity index (χ4n) is 2.91. The van der Waals surface area contributed by atoms with Crippen LogP contribution in [-0.2, 0) is 0 Å². The third-order valence-electron chi connectivity index (χ3n) is 3.82. The van der Waals surface area contributed by atoms with Gasteiger partial charge >= 0.3 is 0 Å². The number of benzene rings is 2. The molecule has 0 saturated carbocycles. The van der Waals surface area contributed by atoms with Crippen molar-refractivity contribution in [2.75, 3.05) is 10.2 Å². The first-order valence-corrected chi connectivity index (χ1v) is 7.13. The molecule has 2 aliphatic heterocycles. The van der Waals surface area contributed by atoms with E-state index in [-0.39, 0.29) is 5.91 Å². The lowest BCUT2D eigenvalue weighted by atomic mass is 10.1. The van der Waals surface area contributed by atoms with E-state index in [0.29, 0.717) is 5.56 Å². The molecule has 100 valence electrons. The summed E-state index contributed by atoms with van der Waals surface area (Å²) in [4.78, 5) is 14.3.